The van der Waals surface area contributed by atoms with Crippen LogP contribution >= 0.6 is 22.6 Å². The molecule has 1 aliphatic heterocycles. The Labute approximate surface area is 116 Å². The summed E-state index contributed by atoms with van der Waals surface area (Å²) in [5, 5.41) is 6.81. The molecule has 0 saturated heterocycles. The summed E-state index contributed by atoms with van der Waals surface area (Å²) in [5.41, 5.74) is 1.69. The molecule has 2 heterocycles. The second-order valence-electron chi connectivity index (χ2n) is 3.98. The Kier molecular flexibility index (Phi) is 2.47. The first kappa shape index (κ1) is 11.4. The van der Waals surface area contributed by atoms with Gasteiger partial charge in [-0.15, -0.1) is 0 Å². The van der Waals surface area contributed by atoms with E-state index in [1.54, 1.807) is 24.3 Å². The highest BCUT2D eigenvalue weighted by Crippen LogP contribution is 2.30. The summed E-state index contributed by atoms with van der Waals surface area (Å²) in [5.74, 6) is -0.265. The van der Waals surface area contributed by atoms with E-state index in [2.05, 4.69) is 32.8 Å². The van der Waals surface area contributed by atoms with Crippen LogP contribution in [-0.4, -0.2) is 22.0 Å². The Morgan fingerprint density at radius 3 is 2.17 bits per heavy atom. The molecule has 1 aromatic heterocycles. The van der Waals surface area contributed by atoms with Crippen LogP contribution in [0.4, 0.5) is 5.82 Å². The molecular weight excluding hydrogens is 345 g/mol. The van der Waals surface area contributed by atoms with Crippen molar-refractivity contribution in [1.82, 2.24) is 10.2 Å². The van der Waals surface area contributed by atoms with Crippen molar-refractivity contribution in [2.75, 3.05) is 4.90 Å². The first-order valence-electron chi connectivity index (χ1n) is 5.29. The van der Waals surface area contributed by atoms with Gasteiger partial charge in [-0.1, -0.05) is 12.1 Å². The molecule has 0 radical (unpaired) electrons. The van der Waals surface area contributed by atoms with Crippen molar-refractivity contribution in [1.29, 1.82) is 0 Å². The second-order valence-corrected chi connectivity index (χ2v) is 5.06. The Hall–Kier alpha value is -1.70. The number of rotatable bonds is 1. The number of imide groups is 1. The normalized spacial score (nSPS) is 14.2. The van der Waals surface area contributed by atoms with E-state index in [9.17, 15) is 9.59 Å². The standard InChI is InChI=1S/C12H8IN3O2/c1-6-9(13)10(15-14-6)16-11(17)7-4-2-3-5-8(7)12(16)18/h2-5H,1H3,(H,14,15). The molecule has 1 aromatic carbocycles. The number of carbonyl (C=O) groups excluding carboxylic acids is 2. The Morgan fingerprint density at radius 1 is 1.17 bits per heavy atom. The van der Waals surface area contributed by atoms with E-state index in [1.165, 1.54) is 0 Å². The molecule has 18 heavy (non-hydrogen) atoms. The quantitative estimate of drug-likeness (QED) is 0.631. The third-order valence-electron chi connectivity index (χ3n) is 2.86. The smallest absolute Gasteiger partial charge is 0.267 e. The molecule has 2 amide bonds. The van der Waals surface area contributed by atoms with Crippen LogP contribution in [0.25, 0.3) is 0 Å². The molecule has 6 heteroatoms. The lowest BCUT2D eigenvalue weighted by Gasteiger charge is -2.10. The van der Waals surface area contributed by atoms with Gasteiger partial charge in [0.25, 0.3) is 11.8 Å². The monoisotopic (exact) mass is 353 g/mol. The lowest BCUT2D eigenvalue weighted by atomic mass is 10.1. The van der Waals surface area contributed by atoms with E-state index < -0.39 is 0 Å². The Morgan fingerprint density at radius 2 is 1.72 bits per heavy atom. The molecule has 3 rings (SSSR count). The molecule has 1 N–H and O–H groups in total. The minimum Gasteiger partial charge on any atom is -0.280 e. The molecule has 2 aromatic rings. The number of amides is 2. The zero-order valence-corrected chi connectivity index (χ0v) is 11.6. The number of nitrogens with one attached hydrogen (secondary N) is 1. The average molecular weight is 353 g/mol. The van der Waals surface area contributed by atoms with Crippen LogP contribution in [0.1, 0.15) is 26.4 Å². The van der Waals surface area contributed by atoms with Crippen molar-refractivity contribution < 1.29 is 9.59 Å². The largest absolute Gasteiger partial charge is 0.280 e. The molecule has 0 unspecified atom stereocenters. The van der Waals surface area contributed by atoms with Crippen molar-refractivity contribution in [3.8, 4) is 0 Å². The van der Waals surface area contributed by atoms with E-state index >= 15 is 0 Å². The second kappa shape index (κ2) is 3.91. The molecule has 0 bridgehead atoms. The summed E-state index contributed by atoms with van der Waals surface area (Å²) in [6, 6.07) is 6.80. The highest BCUT2D eigenvalue weighted by Gasteiger charge is 2.38. The predicted molar refractivity (Wildman–Crippen MR) is 73.6 cm³/mol. The molecule has 0 atom stereocenters. The van der Waals surface area contributed by atoms with Crippen molar-refractivity contribution in [2.45, 2.75) is 6.92 Å². The molecule has 0 saturated carbocycles. The topological polar surface area (TPSA) is 66.1 Å². The van der Waals surface area contributed by atoms with Gasteiger partial charge in [-0.25, -0.2) is 4.90 Å². The maximum Gasteiger partial charge on any atom is 0.267 e. The Bertz CT molecular complexity index is 643. The van der Waals surface area contributed by atoms with Gasteiger partial charge in [-0.05, 0) is 41.6 Å². The summed E-state index contributed by atoms with van der Waals surface area (Å²) < 4.78 is 0.780. The van der Waals surface area contributed by atoms with E-state index in [-0.39, 0.29) is 11.8 Å². The minimum absolute atomic E-state index is 0.319. The third-order valence-corrected chi connectivity index (χ3v) is 4.15. The van der Waals surface area contributed by atoms with Gasteiger partial charge in [0.05, 0.1) is 14.7 Å². The maximum atomic E-state index is 12.2. The molecule has 1 aliphatic rings. The minimum atomic E-state index is -0.319. The lowest BCUT2D eigenvalue weighted by molar-refractivity contribution is 0.0925. The van der Waals surface area contributed by atoms with Crippen molar-refractivity contribution in [3.63, 3.8) is 0 Å². The van der Waals surface area contributed by atoms with Crippen molar-refractivity contribution >= 4 is 40.2 Å². The maximum absolute atomic E-state index is 12.2. The van der Waals surface area contributed by atoms with Crippen LogP contribution in [0.5, 0.6) is 0 Å². The van der Waals surface area contributed by atoms with E-state index in [4.69, 9.17) is 0 Å². The van der Waals surface area contributed by atoms with Gasteiger partial charge < -0.3 is 0 Å². The van der Waals surface area contributed by atoms with Crippen molar-refractivity contribution in [2.24, 2.45) is 0 Å². The number of benzene rings is 1. The Balaban J connectivity index is 2.15. The number of H-pyrrole nitrogens is 1. The molecule has 90 valence electrons. The first-order chi connectivity index (χ1) is 8.61. The summed E-state index contributed by atoms with van der Waals surface area (Å²) in [7, 11) is 0. The fourth-order valence-electron chi connectivity index (χ4n) is 1.93. The number of nitrogens with zero attached hydrogens (tertiary/aromatic N) is 2. The molecule has 0 spiro atoms. The molecule has 5 nitrogen and oxygen atoms in total. The fourth-order valence-corrected chi connectivity index (χ4v) is 2.41. The summed E-state index contributed by atoms with van der Waals surface area (Å²) in [4.78, 5) is 25.6. The van der Waals surface area contributed by atoms with Crippen LogP contribution < -0.4 is 4.90 Å². The van der Waals surface area contributed by atoms with E-state index in [1.807, 2.05) is 6.92 Å². The SMILES string of the molecule is Cc1[nH]nc(N2C(=O)c3ccccc3C2=O)c1I. The number of aromatic nitrogens is 2. The van der Waals surface area contributed by atoms with Crippen molar-refractivity contribution in [3.05, 3.63) is 44.7 Å². The van der Waals surface area contributed by atoms with Gasteiger partial charge in [0.15, 0.2) is 5.82 Å². The van der Waals surface area contributed by atoms with Gasteiger partial charge in [-0.2, -0.15) is 5.10 Å². The van der Waals surface area contributed by atoms with Gasteiger partial charge in [0, 0.05) is 5.69 Å². The van der Waals surface area contributed by atoms with E-state index in [0.29, 0.717) is 16.9 Å². The zero-order valence-electron chi connectivity index (χ0n) is 9.40. The van der Waals surface area contributed by atoms with Gasteiger partial charge >= 0.3 is 0 Å². The number of aromatic amines is 1. The summed E-state index contributed by atoms with van der Waals surface area (Å²) >= 11 is 2.07. The number of aryl methyl sites for hydroxylation is 1. The van der Waals surface area contributed by atoms with Crippen LogP contribution in [0.2, 0.25) is 0 Å². The number of carbonyl (C=O) groups is 2. The average Bonchev–Trinajstić information content (AvgIpc) is 2.82. The van der Waals surface area contributed by atoms with Crippen LogP contribution in [-0.2, 0) is 0 Å². The van der Waals surface area contributed by atoms with E-state index in [0.717, 1.165) is 14.2 Å². The van der Waals surface area contributed by atoms with Crippen LogP contribution in [0, 0.1) is 10.5 Å². The molecular formula is C12H8IN3O2. The number of anilines is 1. The fraction of sp³-hybridized carbons (Fsp3) is 0.0833. The zero-order chi connectivity index (χ0) is 12.9. The summed E-state index contributed by atoms with van der Waals surface area (Å²) in [6.07, 6.45) is 0. The summed E-state index contributed by atoms with van der Waals surface area (Å²) in [6.45, 7) is 1.84. The first-order valence-corrected chi connectivity index (χ1v) is 6.37. The number of hydrogen-bond donors (Lipinski definition) is 1. The lowest BCUT2D eigenvalue weighted by Crippen LogP contribution is -2.30. The predicted octanol–water partition coefficient (Wildman–Crippen LogP) is 2.12. The van der Waals surface area contributed by atoms with Crippen LogP contribution in [0.15, 0.2) is 24.3 Å². The number of hydrogen-bond acceptors (Lipinski definition) is 3. The number of halogens is 1. The highest BCUT2D eigenvalue weighted by atomic mass is 127. The van der Waals surface area contributed by atoms with Crippen LogP contribution in [0.3, 0.4) is 0 Å². The highest BCUT2D eigenvalue weighted by molar-refractivity contribution is 14.1. The van der Waals surface area contributed by atoms with Gasteiger partial charge in [0.1, 0.15) is 0 Å². The third kappa shape index (κ3) is 1.41. The molecule has 0 fully saturated rings. The molecule has 0 aliphatic carbocycles. The van der Waals surface area contributed by atoms with Gasteiger partial charge in [0.2, 0.25) is 0 Å². The number of fused-ring (bicyclic) bond motifs is 1. The van der Waals surface area contributed by atoms with Gasteiger partial charge in [-0.3, -0.25) is 14.7 Å².